The molecule has 0 saturated heterocycles. The normalized spacial score (nSPS) is 25.8. The van der Waals surface area contributed by atoms with Gasteiger partial charge in [-0.2, -0.15) is 0 Å². The van der Waals surface area contributed by atoms with Crippen LogP contribution in [0.5, 0.6) is 0 Å². The number of unbranched alkanes of at least 4 members (excludes halogenated alkanes) is 4. The highest BCUT2D eigenvalue weighted by molar-refractivity contribution is 4.79. The van der Waals surface area contributed by atoms with Gasteiger partial charge in [0.2, 0.25) is 0 Å². The molecule has 1 fully saturated rings. The molecule has 0 spiro atoms. The Morgan fingerprint density at radius 3 is 2.41 bits per heavy atom. The highest BCUT2D eigenvalue weighted by Gasteiger charge is 2.22. The van der Waals surface area contributed by atoms with Crippen LogP contribution in [0.25, 0.3) is 0 Å². The van der Waals surface area contributed by atoms with Gasteiger partial charge in [0.15, 0.2) is 0 Å². The molecule has 0 aromatic heterocycles. The summed E-state index contributed by atoms with van der Waals surface area (Å²) < 4.78 is 0. The largest absolute Gasteiger partial charge is 0.314 e. The molecule has 1 rings (SSSR count). The predicted molar refractivity (Wildman–Crippen MR) is 77.4 cm³/mol. The molecule has 1 aliphatic carbocycles. The SMILES string of the molecule is CCCCCCCC1CCCCCC1NCC. The first-order valence-electron chi connectivity index (χ1n) is 8.11. The lowest BCUT2D eigenvalue weighted by atomic mass is 9.89. The van der Waals surface area contributed by atoms with Crippen LogP contribution >= 0.6 is 0 Å². The third-order valence-electron chi connectivity index (χ3n) is 4.30. The monoisotopic (exact) mass is 239 g/mol. The summed E-state index contributed by atoms with van der Waals surface area (Å²) in [6.45, 7) is 5.70. The van der Waals surface area contributed by atoms with Crippen LogP contribution in [-0.4, -0.2) is 12.6 Å². The molecule has 0 amide bonds. The number of nitrogens with one attached hydrogen (secondary N) is 1. The average molecular weight is 239 g/mol. The first kappa shape index (κ1) is 15.0. The summed E-state index contributed by atoms with van der Waals surface area (Å²) in [4.78, 5) is 0. The van der Waals surface area contributed by atoms with E-state index in [2.05, 4.69) is 19.2 Å². The van der Waals surface area contributed by atoms with Gasteiger partial charge < -0.3 is 5.32 Å². The van der Waals surface area contributed by atoms with Crippen LogP contribution in [0.4, 0.5) is 0 Å². The number of rotatable bonds is 8. The summed E-state index contributed by atoms with van der Waals surface area (Å²) >= 11 is 0. The van der Waals surface area contributed by atoms with Crippen LogP contribution in [0.3, 0.4) is 0 Å². The van der Waals surface area contributed by atoms with Crippen molar-refractivity contribution in [1.82, 2.24) is 5.32 Å². The molecule has 2 unspecified atom stereocenters. The van der Waals surface area contributed by atoms with Crippen LogP contribution in [0, 0.1) is 5.92 Å². The van der Waals surface area contributed by atoms with E-state index in [0.29, 0.717) is 0 Å². The van der Waals surface area contributed by atoms with E-state index in [1.54, 1.807) is 0 Å². The minimum Gasteiger partial charge on any atom is -0.314 e. The van der Waals surface area contributed by atoms with Crippen molar-refractivity contribution in [3.8, 4) is 0 Å². The summed E-state index contributed by atoms with van der Waals surface area (Å²) in [6, 6.07) is 0.827. The molecule has 0 aromatic rings. The number of hydrogen-bond donors (Lipinski definition) is 1. The minimum atomic E-state index is 0.827. The van der Waals surface area contributed by atoms with Gasteiger partial charge in [-0.1, -0.05) is 65.2 Å². The molecule has 17 heavy (non-hydrogen) atoms. The molecule has 0 bridgehead atoms. The van der Waals surface area contributed by atoms with Crippen molar-refractivity contribution >= 4 is 0 Å². The molecule has 0 heterocycles. The second-order valence-corrected chi connectivity index (χ2v) is 5.77. The van der Waals surface area contributed by atoms with Crippen molar-refractivity contribution in [2.45, 2.75) is 90.5 Å². The molecule has 1 N–H and O–H groups in total. The Morgan fingerprint density at radius 1 is 0.882 bits per heavy atom. The Hall–Kier alpha value is -0.0400. The third-order valence-corrected chi connectivity index (χ3v) is 4.30. The molecule has 1 saturated carbocycles. The van der Waals surface area contributed by atoms with E-state index in [1.165, 1.54) is 70.6 Å². The Labute approximate surface area is 109 Å². The van der Waals surface area contributed by atoms with Crippen molar-refractivity contribution in [2.75, 3.05) is 6.54 Å². The number of hydrogen-bond acceptors (Lipinski definition) is 1. The highest BCUT2D eigenvalue weighted by atomic mass is 14.9. The van der Waals surface area contributed by atoms with E-state index >= 15 is 0 Å². The molecule has 0 aromatic carbocycles. The van der Waals surface area contributed by atoms with Crippen molar-refractivity contribution in [1.29, 1.82) is 0 Å². The standard InChI is InChI=1S/C16H33N/c1-3-5-6-7-9-12-15-13-10-8-11-14-16(15)17-4-2/h15-17H,3-14H2,1-2H3. The van der Waals surface area contributed by atoms with Gasteiger partial charge in [0.05, 0.1) is 0 Å². The second-order valence-electron chi connectivity index (χ2n) is 5.77. The maximum atomic E-state index is 3.73. The van der Waals surface area contributed by atoms with Crippen LogP contribution < -0.4 is 5.32 Å². The molecule has 1 aliphatic rings. The molecule has 102 valence electrons. The predicted octanol–water partition coefficient (Wildman–Crippen LogP) is 4.91. The molecule has 0 aliphatic heterocycles. The summed E-state index contributed by atoms with van der Waals surface area (Å²) in [5.41, 5.74) is 0. The van der Waals surface area contributed by atoms with Gasteiger partial charge in [-0.15, -0.1) is 0 Å². The zero-order valence-corrected chi connectivity index (χ0v) is 12.1. The lowest BCUT2D eigenvalue weighted by Gasteiger charge is -2.26. The molecule has 0 radical (unpaired) electrons. The summed E-state index contributed by atoms with van der Waals surface area (Å²) in [6.07, 6.45) is 15.9. The zero-order chi connectivity index (χ0) is 12.3. The van der Waals surface area contributed by atoms with Gasteiger partial charge in [-0.3, -0.25) is 0 Å². The average Bonchev–Trinajstić information content (AvgIpc) is 2.55. The molecule has 1 heteroatoms. The van der Waals surface area contributed by atoms with E-state index < -0.39 is 0 Å². The Bertz CT molecular complexity index is 167. The Balaban J connectivity index is 2.20. The fraction of sp³-hybridized carbons (Fsp3) is 1.00. The fourth-order valence-electron chi connectivity index (χ4n) is 3.27. The summed E-state index contributed by atoms with van der Waals surface area (Å²) in [7, 11) is 0. The van der Waals surface area contributed by atoms with Gasteiger partial charge in [0.25, 0.3) is 0 Å². The topological polar surface area (TPSA) is 12.0 Å². The van der Waals surface area contributed by atoms with Gasteiger partial charge in [-0.25, -0.2) is 0 Å². The summed E-state index contributed by atoms with van der Waals surface area (Å²) in [5, 5.41) is 3.73. The van der Waals surface area contributed by atoms with Gasteiger partial charge in [0.1, 0.15) is 0 Å². The van der Waals surface area contributed by atoms with E-state index in [1.807, 2.05) is 0 Å². The zero-order valence-electron chi connectivity index (χ0n) is 12.1. The highest BCUT2D eigenvalue weighted by Crippen LogP contribution is 2.27. The van der Waals surface area contributed by atoms with Crippen molar-refractivity contribution in [3.63, 3.8) is 0 Å². The van der Waals surface area contributed by atoms with Crippen LogP contribution in [0.15, 0.2) is 0 Å². The quantitative estimate of drug-likeness (QED) is 0.469. The van der Waals surface area contributed by atoms with Crippen molar-refractivity contribution in [3.05, 3.63) is 0 Å². The lowest BCUT2D eigenvalue weighted by Crippen LogP contribution is -2.35. The molecular weight excluding hydrogens is 206 g/mol. The molecular formula is C16H33N. The second kappa shape index (κ2) is 9.94. The fourth-order valence-corrected chi connectivity index (χ4v) is 3.27. The van der Waals surface area contributed by atoms with E-state index in [4.69, 9.17) is 0 Å². The van der Waals surface area contributed by atoms with Gasteiger partial charge >= 0.3 is 0 Å². The van der Waals surface area contributed by atoms with E-state index in [-0.39, 0.29) is 0 Å². The van der Waals surface area contributed by atoms with Gasteiger partial charge in [0, 0.05) is 6.04 Å². The first-order valence-corrected chi connectivity index (χ1v) is 8.11. The van der Waals surface area contributed by atoms with E-state index in [9.17, 15) is 0 Å². The summed E-state index contributed by atoms with van der Waals surface area (Å²) in [5.74, 6) is 0.971. The Morgan fingerprint density at radius 2 is 1.65 bits per heavy atom. The van der Waals surface area contributed by atoms with Crippen molar-refractivity contribution in [2.24, 2.45) is 5.92 Å². The van der Waals surface area contributed by atoms with E-state index in [0.717, 1.165) is 18.5 Å². The Kier molecular flexibility index (Phi) is 8.78. The molecule has 1 nitrogen and oxygen atoms in total. The van der Waals surface area contributed by atoms with Crippen LogP contribution in [-0.2, 0) is 0 Å². The maximum Gasteiger partial charge on any atom is 0.00952 e. The molecule has 2 atom stereocenters. The maximum absolute atomic E-state index is 3.73. The third kappa shape index (κ3) is 6.45. The smallest absolute Gasteiger partial charge is 0.00952 e. The van der Waals surface area contributed by atoms with Crippen molar-refractivity contribution < 1.29 is 0 Å². The minimum absolute atomic E-state index is 0.827. The first-order chi connectivity index (χ1) is 8.38. The van der Waals surface area contributed by atoms with Gasteiger partial charge in [-0.05, 0) is 31.7 Å². The van der Waals surface area contributed by atoms with Crippen LogP contribution in [0.2, 0.25) is 0 Å². The lowest BCUT2D eigenvalue weighted by molar-refractivity contribution is 0.311. The van der Waals surface area contributed by atoms with Crippen LogP contribution in [0.1, 0.15) is 84.5 Å².